The summed E-state index contributed by atoms with van der Waals surface area (Å²) in [6.45, 7) is 0. The first-order valence-electron chi connectivity index (χ1n) is 8.26. The van der Waals surface area contributed by atoms with Crippen LogP contribution in [0.15, 0.2) is 67.3 Å². The van der Waals surface area contributed by atoms with Crippen molar-refractivity contribution >= 4 is 23.3 Å². The van der Waals surface area contributed by atoms with E-state index in [9.17, 15) is 14.4 Å². The number of hydrogen-bond acceptors (Lipinski definition) is 5. The zero-order chi connectivity index (χ0) is 19.1. The Morgan fingerprint density at radius 3 is 2.26 bits per heavy atom. The molecular weight excluding hydrogens is 346 g/mol. The standard InChI is InChI=1S/C19H17N5O3/c25-17(14-6-2-1-3-7-14)10-11-18(26)22-16-9-5-4-8-15(16)19(27)23-24-12-20-21-13-24/h1-9,12-13H,10-11H2,(H,22,26)(H,23,27). The zero-order valence-corrected chi connectivity index (χ0v) is 14.3. The molecule has 0 saturated carbocycles. The van der Waals surface area contributed by atoms with Crippen molar-refractivity contribution in [2.75, 3.05) is 10.7 Å². The summed E-state index contributed by atoms with van der Waals surface area (Å²) in [7, 11) is 0. The van der Waals surface area contributed by atoms with Gasteiger partial charge in [0.15, 0.2) is 5.78 Å². The molecule has 3 aromatic rings. The third-order valence-electron chi connectivity index (χ3n) is 3.77. The van der Waals surface area contributed by atoms with E-state index in [1.807, 2.05) is 6.07 Å². The summed E-state index contributed by atoms with van der Waals surface area (Å²) in [5, 5.41) is 9.89. The van der Waals surface area contributed by atoms with Gasteiger partial charge < -0.3 is 5.32 Å². The van der Waals surface area contributed by atoms with Gasteiger partial charge in [0.1, 0.15) is 12.7 Å². The Hall–Kier alpha value is -3.81. The summed E-state index contributed by atoms with van der Waals surface area (Å²) < 4.78 is 1.31. The Morgan fingerprint density at radius 2 is 1.52 bits per heavy atom. The smallest absolute Gasteiger partial charge is 0.272 e. The molecule has 0 unspecified atom stereocenters. The summed E-state index contributed by atoms with van der Waals surface area (Å²) in [5.74, 6) is -0.876. The van der Waals surface area contributed by atoms with Crippen LogP contribution in [0.5, 0.6) is 0 Å². The molecule has 2 amide bonds. The minimum absolute atomic E-state index is 0.0229. The molecule has 1 aromatic heterocycles. The lowest BCUT2D eigenvalue weighted by Gasteiger charge is -2.11. The predicted octanol–water partition coefficient (Wildman–Crippen LogP) is 2.26. The fraction of sp³-hybridized carbons (Fsp3) is 0.105. The molecule has 0 radical (unpaired) electrons. The van der Waals surface area contributed by atoms with Crippen molar-refractivity contribution < 1.29 is 14.4 Å². The van der Waals surface area contributed by atoms with Crippen LogP contribution in [-0.2, 0) is 4.79 Å². The fourth-order valence-corrected chi connectivity index (χ4v) is 2.43. The molecule has 0 atom stereocenters. The predicted molar refractivity (Wildman–Crippen MR) is 98.8 cm³/mol. The van der Waals surface area contributed by atoms with Crippen molar-refractivity contribution in [1.29, 1.82) is 0 Å². The van der Waals surface area contributed by atoms with Gasteiger partial charge in [-0.05, 0) is 12.1 Å². The topological polar surface area (TPSA) is 106 Å². The number of hydrogen-bond donors (Lipinski definition) is 2. The minimum Gasteiger partial charge on any atom is -0.325 e. The number of ketones is 1. The van der Waals surface area contributed by atoms with Crippen LogP contribution in [0.3, 0.4) is 0 Å². The third kappa shape index (κ3) is 4.85. The molecule has 27 heavy (non-hydrogen) atoms. The van der Waals surface area contributed by atoms with Crippen molar-refractivity contribution in [2.45, 2.75) is 12.8 Å². The van der Waals surface area contributed by atoms with E-state index < -0.39 is 5.91 Å². The fourth-order valence-electron chi connectivity index (χ4n) is 2.43. The Balaban J connectivity index is 1.61. The quantitative estimate of drug-likeness (QED) is 0.626. The van der Waals surface area contributed by atoms with Crippen LogP contribution >= 0.6 is 0 Å². The van der Waals surface area contributed by atoms with E-state index in [2.05, 4.69) is 20.9 Å². The number of carbonyl (C=O) groups is 3. The van der Waals surface area contributed by atoms with Gasteiger partial charge in [0, 0.05) is 18.4 Å². The number of benzene rings is 2. The van der Waals surface area contributed by atoms with Gasteiger partial charge in [0.2, 0.25) is 5.91 Å². The molecule has 0 aliphatic heterocycles. The first kappa shape index (κ1) is 18.0. The second-order valence-electron chi connectivity index (χ2n) is 5.69. The highest BCUT2D eigenvalue weighted by molar-refractivity contribution is 6.07. The summed E-state index contributed by atoms with van der Waals surface area (Å²) in [4.78, 5) is 36.7. The molecule has 0 bridgehead atoms. The van der Waals surface area contributed by atoms with E-state index in [-0.39, 0.29) is 30.1 Å². The van der Waals surface area contributed by atoms with Gasteiger partial charge in [-0.3, -0.25) is 19.8 Å². The number of para-hydroxylation sites is 1. The van der Waals surface area contributed by atoms with Crippen molar-refractivity contribution in [2.24, 2.45) is 0 Å². The van der Waals surface area contributed by atoms with Crippen LogP contribution in [0, 0.1) is 0 Å². The van der Waals surface area contributed by atoms with Gasteiger partial charge in [0.25, 0.3) is 5.91 Å². The summed E-state index contributed by atoms with van der Waals surface area (Å²) in [5.41, 5.74) is 3.79. The average molecular weight is 363 g/mol. The normalized spacial score (nSPS) is 10.2. The Labute approximate surface area is 155 Å². The van der Waals surface area contributed by atoms with Crippen molar-refractivity contribution in [3.05, 3.63) is 78.4 Å². The number of nitrogens with zero attached hydrogens (tertiary/aromatic N) is 3. The lowest BCUT2D eigenvalue weighted by atomic mass is 10.1. The van der Waals surface area contributed by atoms with E-state index >= 15 is 0 Å². The SMILES string of the molecule is O=C(CCC(=O)c1ccccc1)Nc1ccccc1C(=O)Nn1cnnc1. The highest BCUT2D eigenvalue weighted by Gasteiger charge is 2.14. The molecule has 3 rings (SSSR count). The van der Waals surface area contributed by atoms with E-state index in [1.54, 1.807) is 48.5 Å². The summed E-state index contributed by atoms with van der Waals surface area (Å²) in [6.07, 6.45) is 2.79. The van der Waals surface area contributed by atoms with E-state index in [4.69, 9.17) is 0 Å². The molecule has 2 aromatic carbocycles. The van der Waals surface area contributed by atoms with Gasteiger partial charge in [-0.2, -0.15) is 0 Å². The third-order valence-corrected chi connectivity index (χ3v) is 3.77. The summed E-state index contributed by atoms with van der Waals surface area (Å²) in [6, 6.07) is 15.4. The van der Waals surface area contributed by atoms with Crippen molar-refractivity contribution in [3.8, 4) is 0 Å². The van der Waals surface area contributed by atoms with Gasteiger partial charge in [0.05, 0.1) is 11.3 Å². The van der Waals surface area contributed by atoms with Crippen LogP contribution < -0.4 is 10.7 Å². The molecule has 0 aliphatic rings. The lowest BCUT2D eigenvalue weighted by Crippen LogP contribution is -2.23. The zero-order valence-electron chi connectivity index (χ0n) is 14.3. The summed E-state index contributed by atoms with van der Waals surface area (Å²) >= 11 is 0. The molecule has 8 nitrogen and oxygen atoms in total. The van der Waals surface area contributed by atoms with Gasteiger partial charge in [-0.1, -0.05) is 42.5 Å². The largest absolute Gasteiger partial charge is 0.325 e. The Bertz CT molecular complexity index is 939. The number of anilines is 1. The van der Waals surface area contributed by atoms with Crippen LogP contribution in [0.4, 0.5) is 5.69 Å². The van der Waals surface area contributed by atoms with Crippen LogP contribution in [0.2, 0.25) is 0 Å². The monoisotopic (exact) mass is 363 g/mol. The van der Waals surface area contributed by atoms with Gasteiger partial charge in [-0.25, -0.2) is 4.68 Å². The maximum absolute atomic E-state index is 12.4. The van der Waals surface area contributed by atoms with Gasteiger partial charge >= 0.3 is 0 Å². The molecule has 136 valence electrons. The van der Waals surface area contributed by atoms with Crippen molar-refractivity contribution in [1.82, 2.24) is 14.9 Å². The number of carbonyl (C=O) groups excluding carboxylic acids is 3. The minimum atomic E-state index is -0.425. The van der Waals surface area contributed by atoms with E-state index in [0.29, 0.717) is 11.3 Å². The molecular formula is C19H17N5O3. The number of nitrogens with one attached hydrogen (secondary N) is 2. The van der Waals surface area contributed by atoms with Crippen LogP contribution in [0.1, 0.15) is 33.6 Å². The van der Waals surface area contributed by atoms with Gasteiger partial charge in [-0.15, -0.1) is 10.2 Å². The Morgan fingerprint density at radius 1 is 0.852 bits per heavy atom. The maximum Gasteiger partial charge on any atom is 0.272 e. The maximum atomic E-state index is 12.4. The molecule has 0 saturated heterocycles. The van der Waals surface area contributed by atoms with Crippen LogP contribution in [-0.4, -0.2) is 32.5 Å². The Kier molecular flexibility index (Phi) is 5.68. The molecule has 8 heteroatoms. The first-order chi connectivity index (χ1) is 13.1. The second kappa shape index (κ2) is 8.52. The highest BCUT2D eigenvalue weighted by Crippen LogP contribution is 2.16. The highest BCUT2D eigenvalue weighted by atomic mass is 16.2. The molecule has 0 aliphatic carbocycles. The van der Waals surface area contributed by atoms with Crippen molar-refractivity contribution in [3.63, 3.8) is 0 Å². The number of amides is 2. The van der Waals surface area contributed by atoms with Crippen LogP contribution in [0.25, 0.3) is 0 Å². The molecule has 1 heterocycles. The lowest BCUT2D eigenvalue weighted by molar-refractivity contribution is -0.116. The molecule has 0 fully saturated rings. The number of Topliss-reactive ketones (excluding diaryl/α,β-unsaturated/α-hetero) is 1. The van der Waals surface area contributed by atoms with E-state index in [1.165, 1.54) is 17.3 Å². The molecule has 2 N–H and O–H groups in total. The number of rotatable bonds is 7. The molecule has 0 spiro atoms. The van der Waals surface area contributed by atoms with E-state index in [0.717, 1.165) is 0 Å². The number of aromatic nitrogens is 3. The average Bonchev–Trinajstić information content (AvgIpc) is 3.20. The second-order valence-corrected chi connectivity index (χ2v) is 5.69. The first-order valence-corrected chi connectivity index (χ1v) is 8.26.